The van der Waals surface area contributed by atoms with Crippen molar-refractivity contribution in [2.24, 2.45) is 4.99 Å². The molecule has 4 heteroatoms. The van der Waals surface area contributed by atoms with Gasteiger partial charge in [-0.2, -0.15) is 0 Å². The number of fused-ring (bicyclic) bond motifs is 2. The SMILES string of the molecule is Br.CC1=CC2=NC(=N)c3ccccc3CN2C=C1. The zero-order chi connectivity index (χ0) is 11.8. The van der Waals surface area contributed by atoms with Gasteiger partial charge in [0.25, 0.3) is 0 Å². The summed E-state index contributed by atoms with van der Waals surface area (Å²) in [7, 11) is 0. The van der Waals surface area contributed by atoms with Gasteiger partial charge in [-0.15, -0.1) is 17.0 Å². The standard InChI is InChI=1S/C14H13N3.BrH/c1-10-6-7-17-9-11-4-2-3-5-12(11)14(15)16-13(17)8-10;/h2-8,15H,9H2,1H3;1H. The van der Waals surface area contributed by atoms with Crippen LogP contribution in [0.3, 0.4) is 0 Å². The average molecular weight is 304 g/mol. The second-order valence-electron chi connectivity index (χ2n) is 4.31. The molecule has 0 spiro atoms. The third-order valence-electron chi connectivity index (χ3n) is 3.01. The van der Waals surface area contributed by atoms with E-state index in [0.29, 0.717) is 5.84 Å². The zero-order valence-corrected chi connectivity index (χ0v) is 11.8. The number of halogens is 1. The molecule has 1 aromatic rings. The Balaban J connectivity index is 0.00000120. The van der Waals surface area contributed by atoms with Gasteiger partial charge in [-0.25, -0.2) is 4.99 Å². The minimum absolute atomic E-state index is 0. The van der Waals surface area contributed by atoms with Crippen molar-refractivity contribution < 1.29 is 0 Å². The maximum atomic E-state index is 8.03. The summed E-state index contributed by atoms with van der Waals surface area (Å²) >= 11 is 0. The summed E-state index contributed by atoms with van der Waals surface area (Å²) in [6, 6.07) is 7.97. The Morgan fingerprint density at radius 2 is 2.06 bits per heavy atom. The van der Waals surface area contributed by atoms with Crippen LogP contribution in [-0.2, 0) is 6.54 Å². The number of nitrogens with one attached hydrogen (secondary N) is 1. The summed E-state index contributed by atoms with van der Waals surface area (Å²) in [6.07, 6.45) is 6.11. The van der Waals surface area contributed by atoms with Gasteiger partial charge in [0.1, 0.15) is 5.84 Å². The van der Waals surface area contributed by atoms with Crippen molar-refractivity contribution in [3.05, 3.63) is 59.3 Å². The second-order valence-corrected chi connectivity index (χ2v) is 4.31. The maximum Gasteiger partial charge on any atom is 0.154 e. The van der Waals surface area contributed by atoms with E-state index in [-0.39, 0.29) is 17.0 Å². The maximum absolute atomic E-state index is 8.03. The van der Waals surface area contributed by atoms with Crippen LogP contribution in [0, 0.1) is 5.41 Å². The summed E-state index contributed by atoms with van der Waals surface area (Å²) in [6.45, 7) is 2.82. The smallest absolute Gasteiger partial charge is 0.154 e. The molecule has 0 aromatic heterocycles. The van der Waals surface area contributed by atoms with E-state index in [2.05, 4.69) is 22.0 Å². The van der Waals surface area contributed by atoms with E-state index in [0.717, 1.165) is 23.5 Å². The van der Waals surface area contributed by atoms with Gasteiger partial charge in [-0.05, 0) is 30.2 Å². The predicted molar refractivity (Wildman–Crippen MR) is 79.5 cm³/mol. The highest BCUT2D eigenvalue weighted by atomic mass is 79.9. The Bertz CT molecular complexity index is 584. The van der Waals surface area contributed by atoms with Crippen LogP contribution in [0.15, 0.2) is 53.2 Å². The normalized spacial score (nSPS) is 16.9. The fourth-order valence-electron chi connectivity index (χ4n) is 2.10. The van der Waals surface area contributed by atoms with Crippen molar-refractivity contribution >= 4 is 28.7 Å². The Hall–Kier alpha value is -1.68. The molecule has 3 rings (SSSR count). The molecule has 0 radical (unpaired) electrons. The monoisotopic (exact) mass is 303 g/mol. The average Bonchev–Trinajstić information content (AvgIpc) is 2.46. The topological polar surface area (TPSA) is 39.5 Å². The molecule has 1 N–H and O–H groups in total. The van der Waals surface area contributed by atoms with Gasteiger partial charge < -0.3 is 4.90 Å². The number of allylic oxidation sites excluding steroid dienone is 2. The minimum Gasteiger partial charge on any atom is -0.328 e. The van der Waals surface area contributed by atoms with Crippen molar-refractivity contribution in [1.82, 2.24) is 4.90 Å². The van der Waals surface area contributed by atoms with Crippen LogP contribution < -0.4 is 0 Å². The molecule has 0 unspecified atom stereocenters. The summed E-state index contributed by atoms with van der Waals surface area (Å²) < 4.78 is 0. The number of hydrogen-bond donors (Lipinski definition) is 1. The molecule has 92 valence electrons. The quantitative estimate of drug-likeness (QED) is 0.785. The van der Waals surface area contributed by atoms with Gasteiger partial charge in [-0.3, -0.25) is 5.41 Å². The highest BCUT2D eigenvalue weighted by Crippen LogP contribution is 2.20. The molecule has 0 saturated heterocycles. The molecule has 2 heterocycles. The lowest BCUT2D eigenvalue weighted by molar-refractivity contribution is 0.554. The predicted octanol–water partition coefficient (Wildman–Crippen LogP) is 3.28. The van der Waals surface area contributed by atoms with E-state index in [4.69, 9.17) is 5.41 Å². The van der Waals surface area contributed by atoms with Crippen LogP contribution in [0.25, 0.3) is 0 Å². The van der Waals surface area contributed by atoms with Gasteiger partial charge >= 0.3 is 0 Å². The Labute approximate surface area is 117 Å². The summed E-state index contributed by atoms with van der Waals surface area (Å²) in [5.74, 6) is 1.20. The summed E-state index contributed by atoms with van der Waals surface area (Å²) in [5.41, 5.74) is 3.24. The Kier molecular flexibility index (Phi) is 3.48. The lowest BCUT2D eigenvalue weighted by atomic mass is 10.1. The van der Waals surface area contributed by atoms with Crippen LogP contribution in [-0.4, -0.2) is 16.6 Å². The van der Waals surface area contributed by atoms with Gasteiger partial charge in [-0.1, -0.05) is 24.3 Å². The van der Waals surface area contributed by atoms with Gasteiger partial charge in [0.15, 0.2) is 5.84 Å². The minimum atomic E-state index is 0. The van der Waals surface area contributed by atoms with Gasteiger partial charge in [0.2, 0.25) is 0 Å². The Morgan fingerprint density at radius 3 is 2.89 bits per heavy atom. The van der Waals surface area contributed by atoms with Crippen molar-refractivity contribution in [2.45, 2.75) is 13.5 Å². The number of amidine groups is 2. The molecule has 1 aromatic carbocycles. The number of benzene rings is 1. The molecule has 2 aliphatic rings. The fourth-order valence-corrected chi connectivity index (χ4v) is 2.10. The molecule has 0 atom stereocenters. The molecule has 0 amide bonds. The third kappa shape index (κ3) is 2.16. The molecule has 0 saturated carbocycles. The van der Waals surface area contributed by atoms with Crippen LogP contribution in [0.1, 0.15) is 18.1 Å². The highest BCUT2D eigenvalue weighted by Gasteiger charge is 2.19. The first kappa shape index (κ1) is 12.8. The summed E-state index contributed by atoms with van der Waals surface area (Å²) in [4.78, 5) is 6.46. The van der Waals surface area contributed by atoms with E-state index < -0.39 is 0 Å². The Morgan fingerprint density at radius 1 is 1.28 bits per heavy atom. The first-order valence-corrected chi connectivity index (χ1v) is 5.63. The van der Waals surface area contributed by atoms with Gasteiger partial charge in [0.05, 0.1) is 0 Å². The van der Waals surface area contributed by atoms with Gasteiger partial charge in [0, 0.05) is 18.3 Å². The fraction of sp³-hybridized carbons (Fsp3) is 0.143. The number of aliphatic imine (C=N–C) groups is 1. The third-order valence-corrected chi connectivity index (χ3v) is 3.01. The molecule has 18 heavy (non-hydrogen) atoms. The number of hydrogen-bond acceptors (Lipinski definition) is 2. The summed E-state index contributed by atoms with van der Waals surface area (Å²) in [5, 5.41) is 8.03. The molecule has 0 fully saturated rings. The van der Waals surface area contributed by atoms with E-state index in [1.54, 1.807) is 0 Å². The van der Waals surface area contributed by atoms with Crippen molar-refractivity contribution in [1.29, 1.82) is 5.41 Å². The zero-order valence-electron chi connectivity index (χ0n) is 10.1. The highest BCUT2D eigenvalue weighted by molar-refractivity contribution is 8.93. The largest absolute Gasteiger partial charge is 0.328 e. The second kappa shape index (κ2) is 4.90. The first-order valence-electron chi connectivity index (χ1n) is 5.63. The van der Waals surface area contributed by atoms with Crippen molar-refractivity contribution in [3.8, 4) is 0 Å². The van der Waals surface area contributed by atoms with Crippen molar-refractivity contribution in [2.75, 3.05) is 0 Å². The lowest BCUT2D eigenvalue weighted by Gasteiger charge is -2.22. The molecule has 0 aliphatic carbocycles. The number of nitrogens with zero attached hydrogens (tertiary/aromatic N) is 2. The molecular weight excluding hydrogens is 290 g/mol. The lowest BCUT2D eigenvalue weighted by Crippen LogP contribution is -2.25. The van der Waals surface area contributed by atoms with Crippen LogP contribution in [0.5, 0.6) is 0 Å². The van der Waals surface area contributed by atoms with Crippen LogP contribution >= 0.6 is 17.0 Å². The molecular formula is C14H14BrN3. The number of rotatable bonds is 0. The van der Waals surface area contributed by atoms with E-state index in [1.807, 2.05) is 37.4 Å². The van der Waals surface area contributed by atoms with E-state index in [1.165, 1.54) is 5.57 Å². The van der Waals surface area contributed by atoms with Crippen LogP contribution in [0.4, 0.5) is 0 Å². The van der Waals surface area contributed by atoms with E-state index >= 15 is 0 Å². The van der Waals surface area contributed by atoms with E-state index in [9.17, 15) is 0 Å². The van der Waals surface area contributed by atoms with Crippen molar-refractivity contribution in [3.63, 3.8) is 0 Å². The van der Waals surface area contributed by atoms with Crippen LogP contribution in [0.2, 0.25) is 0 Å². The first-order chi connectivity index (χ1) is 8.24. The molecule has 0 bridgehead atoms. The molecule has 3 nitrogen and oxygen atoms in total. The molecule has 2 aliphatic heterocycles.